The molecule has 0 saturated carbocycles. The number of esters is 1. The zero-order valence-corrected chi connectivity index (χ0v) is 16.3. The van der Waals surface area contributed by atoms with Crippen molar-refractivity contribution >= 4 is 11.5 Å². The lowest BCUT2D eigenvalue weighted by molar-refractivity contribution is -0.137. The average molecular weight is 377 g/mol. The zero-order valence-electron chi connectivity index (χ0n) is 16.3. The van der Waals surface area contributed by atoms with Crippen molar-refractivity contribution in [1.29, 1.82) is 0 Å². The molecule has 1 aromatic heterocycles. The molecule has 0 saturated heterocycles. The Morgan fingerprint density at radius 2 is 1.93 bits per heavy atom. The Kier molecular flexibility index (Phi) is 6.27. The average Bonchev–Trinajstić information content (AvgIpc) is 3.08. The molecule has 0 aliphatic rings. The molecule has 2 aromatic carbocycles. The highest BCUT2D eigenvalue weighted by Crippen LogP contribution is 2.24. The maximum absolute atomic E-state index is 11.6. The molecule has 3 rings (SSSR count). The van der Waals surface area contributed by atoms with Crippen LogP contribution in [0.1, 0.15) is 30.9 Å². The molecular formula is C23H23NO4. The Morgan fingerprint density at radius 1 is 1.14 bits per heavy atom. The summed E-state index contributed by atoms with van der Waals surface area (Å²) in [4.78, 5) is 16.2. The molecule has 0 atom stereocenters. The van der Waals surface area contributed by atoms with Gasteiger partial charge in [-0.3, -0.25) is 0 Å². The fraction of sp³-hybridized carbons (Fsp3) is 0.217. The Balaban J connectivity index is 1.70. The normalized spacial score (nSPS) is 11.3. The van der Waals surface area contributed by atoms with E-state index in [1.165, 1.54) is 6.08 Å². The first-order valence-corrected chi connectivity index (χ1v) is 9.17. The van der Waals surface area contributed by atoms with E-state index in [0.29, 0.717) is 24.9 Å². The highest BCUT2D eigenvalue weighted by Gasteiger charge is 2.12. The molecule has 0 aliphatic heterocycles. The van der Waals surface area contributed by atoms with Crippen LogP contribution in [0.2, 0.25) is 0 Å². The van der Waals surface area contributed by atoms with Crippen LogP contribution in [0.15, 0.2) is 65.1 Å². The molecule has 1 heterocycles. The molecule has 3 aromatic rings. The van der Waals surface area contributed by atoms with Gasteiger partial charge in [0.05, 0.1) is 6.61 Å². The molecule has 0 radical (unpaired) electrons. The summed E-state index contributed by atoms with van der Waals surface area (Å²) < 4.78 is 16.6. The molecule has 0 spiro atoms. The highest BCUT2D eigenvalue weighted by molar-refractivity contribution is 5.91. The van der Waals surface area contributed by atoms with Gasteiger partial charge in [0, 0.05) is 11.6 Å². The molecule has 0 N–H and O–H groups in total. The second-order valence-corrected chi connectivity index (χ2v) is 6.28. The van der Waals surface area contributed by atoms with E-state index >= 15 is 0 Å². The standard InChI is InChI=1S/C23H23NO4/c1-4-26-22(25)13-16(2)19-11-8-12-20(14-19)27-15-21-17(3)28-23(24-21)18-9-6-5-7-10-18/h5-14H,4,15H2,1-3H3/b16-13-. The van der Waals surface area contributed by atoms with Gasteiger partial charge in [0.15, 0.2) is 0 Å². The minimum absolute atomic E-state index is 0.298. The number of ether oxygens (including phenoxy) is 2. The number of carbonyl (C=O) groups excluding carboxylic acids is 1. The van der Waals surface area contributed by atoms with Crippen molar-refractivity contribution in [2.45, 2.75) is 27.4 Å². The summed E-state index contributed by atoms with van der Waals surface area (Å²) in [6.45, 7) is 6.18. The van der Waals surface area contributed by atoms with Crippen LogP contribution in [0.4, 0.5) is 0 Å². The van der Waals surface area contributed by atoms with Crippen molar-refractivity contribution in [1.82, 2.24) is 4.98 Å². The number of aromatic nitrogens is 1. The molecule has 0 aliphatic carbocycles. The van der Waals surface area contributed by atoms with E-state index in [9.17, 15) is 4.79 Å². The first kappa shape index (κ1) is 19.4. The Bertz CT molecular complexity index is 973. The lowest BCUT2D eigenvalue weighted by atomic mass is 10.1. The zero-order chi connectivity index (χ0) is 19.9. The van der Waals surface area contributed by atoms with Gasteiger partial charge < -0.3 is 13.9 Å². The first-order valence-electron chi connectivity index (χ1n) is 9.17. The van der Waals surface area contributed by atoms with E-state index in [-0.39, 0.29) is 5.97 Å². The topological polar surface area (TPSA) is 61.6 Å². The molecule has 0 fully saturated rings. The predicted molar refractivity (Wildman–Crippen MR) is 108 cm³/mol. The maximum Gasteiger partial charge on any atom is 0.331 e. The lowest BCUT2D eigenvalue weighted by Gasteiger charge is -2.07. The fourth-order valence-electron chi connectivity index (χ4n) is 2.69. The molecule has 0 unspecified atom stereocenters. The largest absolute Gasteiger partial charge is 0.487 e. The summed E-state index contributed by atoms with van der Waals surface area (Å²) in [7, 11) is 0. The number of hydrogen-bond donors (Lipinski definition) is 0. The SMILES string of the molecule is CCOC(=O)/C=C(/C)c1cccc(OCc2nc(-c3ccccc3)oc2C)c1. The monoisotopic (exact) mass is 377 g/mol. The molecule has 5 nitrogen and oxygen atoms in total. The van der Waals surface area contributed by atoms with E-state index in [1.807, 2.05) is 68.4 Å². The number of benzene rings is 2. The molecule has 0 amide bonds. The molecular weight excluding hydrogens is 354 g/mol. The van der Waals surface area contributed by atoms with Crippen molar-refractivity contribution in [2.24, 2.45) is 0 Å². The van der Waals surface area contributed by atoms with Gasteiger partial charge in [0.2, 0.25) is 5.89 Å². The fourth-order valence-corrected chi connectivity index (χ4v) is 2.69. The van der Waals surface area contributed by atoms with Gasteiger partial charge in [0.1, 0.15) is 23.8 Å². The summed E-state index contributed by atoms with van der Waals surface area (Å²) in [6, 6.07) is 17.3. The number of aryl methyl sites for hydroxylation is 1. The number of allylic oxidation sites excluding steroid dienone is 1. The maximum atomic E-state index is 11.6. The van der Waals surface area contributed by atoms with Crippen LogP contribution in [-0.4, -0.2) is 17.6 Å². The number of oxazole rings is 1. The van der Waals surface area contributed by atoms with Gasteiger partial charge in [0.25, 0.3) is 0 Å². The van der Waals surface area contributed by atoms with Gasteiger partial charge in [-0.05, 0) is 56.2 Å². The smallest absolute Gasteiger partial charge is 0.331 e. The van der Waals surface area contributed by atoms with Crippen LogP contribution < -0.4 is 4.74 Å². The van der Waals surface area contributed by atoms with Gasteiger partial charge in [-0.1, -0.05) is 30.3 Å². The second-order valence-electron chi connectivity index (χ2n) is 6.28. The van der Waals surface area contributed by atoms with Crippen LogP contribution in [0.5, 0.6) is 5.75 Å². The summed E-state index contributed by atoms with van der Waals surface area (Å²) in [5.41, 5.74) is 3.39. The number of rotatable bonds is 7. The number of carbonyl (C=O) groups is 1. The Morgan fingerprint density at radius 3 is 2.68 bits per heavy atom. The van der Waals surface area contributed by atoms with E-state index < -0.39 is 0 Å². The highest BCUT2D eigenvalue weighted by atomic mass is 16.5. The minimum Gasteiger partial charge on any atom is -0.487 e. The van der Waals surface area contributed by atoms with E-state index in [1.54, 1.807) is 6.92 Å². The second kappa shape index (κ2) is 9.04. The first-order chi connectivity index (χ1) is 13.6. The van der Waals surface area contributed by atoms with Gasteiger partial charge in [-0.15, -0.1) is 0 Å². The minimum atomic E-state index is -0.349. The van der Waals surface area contributed by atoms with Gasteiger partial charge >= 0.3 is 5.97 Å². The molecule has 5 heteroatoms. The third-order valence-electron chi connectivity index (χ3n) is 4.20. The van der Waals surface area contributed by atoms with E-state index in [0.717, 1.165) is 28.2 Å². The third-order valence-corrected chi connectivity index (χ3v) is 4.20. The number of hydrogen-bond acceptors (Lipinski definition) is 5. The summed E-state index contributed by atoms with van der Waals surface area (Å²) in [5.74, 6) is 1.66. The lowest BCUT2D eigenvalue weighted by Crippen LogP contribution is -2.00. The van der Waals surface area contributed by atoms with Crippen molar-refractivity contribution in [3.05, 3.63) is 77.7 Å². The predicted octanol–water partition coefficient (Wildman–Crippen LogP) is 5.20. The van der Waals surface area contributed by atoms with Gasteiger partial charge in [-0.25, -0.2) is 9.78 Å². The van der Waals surface area contributed by atoms with Gasteiger partial charge in [-0.2, -0.15) is 0 Å². The van der Waals surface area contributed by atoms with Crippen molar-refractivity contribution in [2.75, 3.05) is 6.61 Å². The quantitative estimate of drug-likeness (QED) is 0.418. The van der Waals surface area contributed by atoms with Crippen molar-refractivity contribution in [3.8, 4) is 17.2 Å². The summed E-state index contributed by atoms with van der Waals surface area (Å²) in [5, 5.41) is 0. The van der Waals surface area contributed by atoms with Crippen LogP contribution in [0, 0.1) is 6.92 Å². The van der Waals surface area contributed by atoms with Crippen molar-refractivity contribution in [3.63, 3.8) is 0 Å². The Labute approximate surface area is 164 Å². The summed E-state index contributed by atoms with van der Waals surface area (Å²) >= 11 is 0. The molecule has 28 heavy (non-hydrogen) atoms. The third kappa shape index (κ3) is 4.88. The molecule has 144 valence electrons. The van der Waals surface area contributed by atoms with E-state index in [2.05, 4.69) is 4.98 Å². The van der Waals surface area contributed by atoms with Crippen LogP contribution >= 0.6 is 0 Å². The molecule has 0 bridgehead atoms. The van der Waals surface area contributed by atoms with Crippen LogP contribution in [0.3, 0.4) is 0 Å². The van der Waals surface area contributed by atoms with E-state index in [4.69, 9.17) is 13.9 Å². The van der Waals surface area contributed by atoms with Crippen LogP contribution in [0.25, 0.3) is 17.0 Å². The number of nitrogens with zero attached hydrogens (tertiary/aromatic N) is 1. The summed E-state index contributed by atoms with van der Waals surface area (Å²) in [6.07, 6.45) is 1.48. The Hall–Kier alpha value is -3.34. The van der Waals surface area contributed by atoms with Crippen molar-refractivity contribution < 1.29 is 18.7 Å². The van der Waals surface area contributed by atoms with Crippen LogP contribution in [-0.2, 0) is 16.1 Å².